The molecule has 5 atom stereocenters. The first-order chi connectivity index (χ1) is 12.1. The van der Waals surface area contributed by atoms with Gasteiger partial charge in [-0.3, -0.25) is 0 Å². The average molecular weight is 440 g/mol. The van der Waals surface area contributed by atoms with Gasteiger partial charge in [-0.1, -0.05) is 40.2 Å². The maximum absolute atomic E-state index is 12.9. The molecule has 1 fully saturated rings. The molecule has 0 amide bonds. The number of ether oxygens (including phenoxy) is 1. The largest absolute Gasteiger partial charge is 0.591 e. The fourth-order valence-corrected chi connectivity index (χ4v) is 6.03. The molecule has 1 saturated carbocycles. The molecule has 3 nitrogen and oxygen atoms in total. The molecule has 144 valence electrons. The molecule has 2 aliphatic rings. The first-order valence-corrected chi connectivity index (χ1v) is 11.3. The second-order valence-electron chi connectivity index (χ2n) is 9.12. The number of halogens is 1. The van der Waals surface area contributed by atoms with Gasteiger partial charge in [-0.25, -0.2) is 0 Å². The Bertz CT molecular complexity index is 700. The van der Waals surface area contributed by atoms with Crippen molar-refractivity contribution in [3.8, 4) is 0 Å². The van der Waals surface area contributed by atoms with E-state index in [1.807, 2.05) is 27.9 Å². The average Bonchev–Trinajstić information content (AvgIpc) is 2.79. The Hall–Kier alpha value is -0.360. The molecule has 3 rings (SSSR count). The molecule has 1 aromatic carbocycles. The Balaban J connectivity index is 2.09. The Kier molecular flexibility index (Phi) is 5.67. The van der Waals surface area contributed by atoms with Crippen molar-refractivity contribution < 1.29 is 9.29 Å². The van der Waals surface area contributed by atoms with Crippen LogP contribution in [0.4, 0.5) is 0 Å². The zero-order chi connectivity index (χ0) is 19.3. The lowest BCUT2D eigenvalue weighted by Gasteiger charge is -2.44. The highest BCUT2D eigenvalue weighted by Crippen LogP contribution is 2.52. The molecule has 0 aromatic heterocycles. The topological polar surface area (TPSA) is 44.6 Å². The Morgan fingerprint density at radius 1 is 1.23 bits per heavy atom. The fourth-order valence-electron chi connectivity index (χ4n) is 4.93. The minimum Gasteiger partial charge on any atom is -0.591 e. The molecular weight excluding hydrogens is 410 g/mol. The normalized spacial score (nSPS) is 34.3. The van der Waals surface area contributed by atoms with Crippen LogP contribution < -0.4 is 0 Å². The van der Waals surface area contributed by atoms with Gasteiger partial charge in [0.25, 0.3) is 0 Å². The van der Waals surface area contributed by atoms with Crippen molar-refractivity contribution in [2.24, 2.45) is 21.6 Å². The highest BCUT2D eigenvalue weighted by molar-refractivity contribution is 9.10. The van der Waals surface area contributed by atoms with Crippen molar-refractivity contribution >= 4 is 33.0 Å². The summed E-state index contributed by atoms with van der Waals surface area (Å²) in [5.74, 6) is 0.907. The van der Waals surface area contributed by atoms with Crippen LogP contribution in [0.1, 0.15) is 58.6 Å². The maximum Gasteiger partial charge on any atom is 0.144 e. The van der Waals surface area contributed by atoms with E-state index in [0.29, 0.717) is 11.8 Å². The van der Waals surface area contributed by atoms with Gasteiger partial charge in [0.05, 0.1) is 6.10 Å². The van der Waals surface area contributed by atoms with Gasteiger partial charge in [0.1, 0.15) is 21.8 Å². The number of hydrogen-bond acceptors (Lipinski definition) is 3. The molecule has 1 unspecified atom stereocenters. The molecule has 0 bridgehead atoms. The Labute approximate surface area is 169 Å². The van der Waals surface area contributed by atoms with Crippen LogP contribution >= 0.6 is 15.9 Å². The Morgan fingerprint density at radius 3 is 2.38 bits per heavy atom. The van der Waals surface area contributed by atoms with Crippen molar-refractivity contribution in [2.75, 3.05) is 7.11 Å². The lowest BCUT2D eigenvalue weighted by Crippen LogP contribution is -2.45. The van der Waals surface area contributed by atoms with Crippen LogP contribution in [-0.4, -0.2) is 28.2 Å². The maximum atomic E-state index is 12.9. The Morgan fingerprint density at radius 2 is 1.85 bits per heavy atom. The summed E-state index contributed by atoms with van der Waals surface area (Å²) in [5, 5.41) is 0. The summed E-state index contributed by atoms with van der Waals surface area (Å²) in [6, 6.07) is 6.45. The molecule has 0 saturated heterocycles. The molecule has 26 heavy (non-hydrogen) atoms. The van der Waals surface area contributed by atoms with E-state index in [9.17, 15) is 4.55 Å². The summed E-state index contributed by atoms with van der Waals surface area (Å²) in [5.41, 5.74) is 3.52. The summed E-state index contributed by atoms with van der Waals surface area (Å²) in [6.07, 6.45) is 3.33. The van der Waals surface area contributed by atoms with Gasteiger partial charge in [-0.2, -0.15) is 0 Å². The molecule has 0 radical (unpaired) electrons. The summed E-state index contributed by atoms with van der Waals surface area (Å²) in [4.78, 5) is 0. The van der Waals surface area contributed by atoms with Gasteiger partial charge < -0.3 is 9.29 Å². The van der Waals surface area contributed by atoms with Gasteiger partial charge in [0, 0.05) is 22.6 Å². The predicted molar refractivity (Wildman–Crippen MR) is 113 cm³/mol. The van der Waals surface area contributed by atoms with E-state index in [-0.39, 0.29) is 16.3 Å². The molecule has 1 aromatic rings. The van der Waals surface area contributed by atoms with E-state index in [4.69, 9.17) is 9.13 Å². The predicted octanol–water partition coefficient (Wildman–Crippen LogP) is 5.32. The van der Waals surface area contributed by atoms with Crippen molar-refractivity contribution in [3.63, 3.8) is 0 Å². The molecule has 2 aliphatic carbocycles. The number of fused-ring (bicyclic) bond motifs is 1. The minimum atomic E-state index is -1.26. The van der Waals surface area contributed by atoms with E-state index >= 15 is 0 Å². The van der Waals surface area contributed by atoms with Crippen molar-refractivity contribution in [1.82, 2.24) is 0 Å². The zero-order valence-electron chi connectivity index (χ0n) is 16.6. The molecule has 0 aliphatic heterocycles. The fraction of sp³-hybridized carbons (Fsp3) is 0.667. The van der Waals surface area contributed by atoms with Gasteiger partial charge in [0.15, 0.2) is 0 Å². The van der Waals surface area contributed by atoms with Crippen LogP contribution in [0, 0.1) is 17.3 Å². The lowest BCUT2D eigenvalue weighted by molar-refractivity contribution is -0.0342. The van der Waals surface area contributed by atoms with Crippen LogP contribution in [0.15, 0.2) is 27.1 Å². The minimum absolute atomic E-state index is 0.0299. The van der Waals surface area contributed by atoms with E-state index in [1.165, 1.54) is 11.1 Å². The van der Waals surface area contributed by atoms with E-state index in [0.717, 1.165) is 29.4 Å². The van der Waals surface area contributed by atoms with Crippen LogP contribution in [-0.2, 0) is 22.5 Å². The third-order valence-corrected chi connectivity index (χ3v) is 7.76. The number of benzene rings is 1. The highest BCUT2D eigenvalue weighted by atomic mass is 79.9. The molecule has 0 N–H and O–H groups in total. The summed E-state index contributed by atoms with van der Waals surface area (Å²) >= 11 is 2.34. The monoisotopic (exact) mass is 439 g/mol. The number of hydrogen-bond donors (Lipinski definition) is 0. The zero-order valence-corrected chi connectivity index (χ0v) is 19.0. The second-order valence-corrected chi connectivity index (χ2v) is 11.9. The first-order valence-electron chi connectivity index (χ1n) is 9.40. The summed E-state index contributed by atoms with van der Waals surface area (Å²) in [6.45, 7) is 10.5. The smallest absolute Gasteiger partial charge is 0.144 e. The summed E-state index contributed by atoms with van der Waals surface area (Å²) < 4.78 is 24.2. The quantitative estimate of drug-likeness (QED) is 0.584. The molecular formula is C21H30BrNO2S. The lowest BCUT2D eigenvalue weighted by atomic mass is 9.63. The first kappa shape index (κ1) is 20.4. The number of methoxy groups -OCH3 is 1. The standard InChI is InChI=1S/C21H30BrNO2S/c1-13-10-21(11-14(2)18(13)25-6)12-15-7-8-16(22)9-17(15)19(21)23-26(24)20(3,4)5/h7-9,13-14,18H,10-12H2,1-6H3/b23-19-/t13-,14+,18+,21+,26?. The van der Waals surface area contributed by atoms with Crippen molar-refractivity contribution in [1.29, 1.82) is 0 Å². The van der Waals surface area contributed by atoms with Gasteiger partial charge in [-0.05, 0) is 69.6 Å². The number of rotatable bonds is 2. The van der Waals surface area contributed by atoms with Crippen molar-refractivity contribution in [3.05, 3.63) is 33.8 Å². The van der Waals surface area contributed by atoms with Crippen LogP contribution in [0.3, 0.4) is 0 Å². The highest BCUT2D eigenvalue weighted by Gasteiger charge is 2.51. The third-order valence-electron chi connectivity index (χ3n) is 5.88. The van der Waals surface area contributed by atoms with Gasteiger partial charge in [-0.15, -0.1) is 0 Å². The molecule has 1 spiro atoms. The van der Waals surface area contributed by atoms with E-state index < -0.39 is 11.4 Å². The van der Waals surface area contributed by atoms with Gasteiger partial charge >= 0.3 is 0 Å². The third kappa shape index (κ3) is 3.65. The van der Waals surface area contributed by atoms with E-state index in [1.54, 1.807) is 0 Å². The molecule has 5 heteroatoms. The number of nitrogens with zero attached hydrogens (tertiary/aromatic N) is 1. The van der Waals surface area contributed by atoms with Gasteiger partial charge in [0.2, 0.25) is 0 Å². The van der Waals surface area contributed by atoms with Crippen LogP contribution in [0.25, 0.3) is 0 Å². The van der Waals surface area contributed by atoms with E-state index in [2.05, 4.69) is 48.0 Å². The summed E-state index contributed by atoms with van der Waals surface area (Å²) in [7, 11) is 1.82. The van der Waals surface area contributed by atoms with Crippen LogP contribution in [0.5, 0.6) is 0 Å². The van der Waals surface area contributed by atoms with Crippen LogP contribution in [0.2, 0.25) is 0 Å². The van der Waals surface area contributed by atoms with Crippen molar-refractivity contribution in [2.45, 2.75) is 64.7 Å². The molecule has 0 heterocycles. The SMILES string of the molecule is CO[C@H]1[C@H](C)C[C@@]2(Cc3ccc(Br)cc3/C2=N/[S+]([O-])C(C)(C)C)C[C@@H]1C. The second kappa shape index (κ2) is 7.23.